The maximum Gasteiger partial charge on any atom is 0.327 e. The predicted octanol–water partition coefficient (Wildman–Crippen LogP) is 4.28. The number of halogens is 3. The molecule has 0 amide bonds. The SMILES string of the molecule is CC(C)OC(=O)CN(c1ccccc1F)S(=O)(=O)c1ccc(Cl)c(Cl)c1. The molecule has 0 bridgehead atoms. The Hall–Kier alpha value is -1.83. The monoisotopic (exact) mass is 419 g/mol. The highest BCUT2D eigenvalue weighted by molar-refractivity contribution is 7.92. The number of hydrogen-bond donors (Lipinski definition) is 0. The van der Waals surface area contributed by atoms with Crippen molar-refractivity contribution in [3.8, 4) is 0 Å². The lowest BCUT2D eigenvalue weighted by atomic mass is 10.3. The number of ether oxygens (including phenoxy) is 1. The van der Waals surface area contributed by atoms with Crippen molar-refractivity contribution in [3.05, 3.63) is 58.3 Å². The van der Waals surface area contributed by atoms with Crippen LogP contribution in [-0.4, -0.2) is 27.0 Å². The molecule has 9 heteroatoms. The third-order valence-electron chi connectivity index (χ3n) is 3.24. The van der Waals surface area contributed by atoms with Gasteiger partial charge in [0.2, 0.25) is 0 Å². The second kappa shape index (κ2) is 8.24. The van der Waals surface area contributed by atoms with Crippen LogP contribution in [0.2, 0.25) is 10.0 Å². The molecule has 2 rings (SSSR count). The number of nitrogens with zero attached hydrogens (tertiary/aromatic N) is 1. The molecule has 26 heavy (non-hydrogen) atoms. The minimum atomic E-state index is -4.30. The van der Waals surface area contributed by atoms with Gasteiger partial charge in [0.05, 0.1) is 26.7 Å². The molecular formula is C17H16Cl2FNO4S. The van der Waals surface area contributed by atoms with Gasteiger partial charge >= 0.3 is 5.97 Å². The fraction of sp³-hybridized carbons (Fsp3) is 0.235. The Bertz CT molecular complexity index is 919. The van der Waals surface area contributed by atoms with Gasteiger partial charge in [0.25, 0.3) is 10.0 Å². The van der Waals surface area contributed by atoms with Gasteiger partial charge in [-0.15, -0.1) is 0 Å². The second-order valence-corrected chi connectivity index (χ2v) is 8.25. The molecule has 0 aliphatic carbocycles. The van der Waals surface area contributed by atoms with Gasteiger partial charge in [0, 0.05) is 0 Å². The van der Waals surface area contributed by atoms with Crippen LogP contribution in [0.25, 0.3) is 0 Å². The van der Waals surface area contributed by atoms with Gasteiger partial charge < -0.3 is 4.74 Å². The summed E-state index contributed by atoms with van der Waals surface area (Å²) in [4.78, 5) is 11.8. The molecule has 0 radical (unpaired) electrons. The highest BCUT2D eigenvalue weighted by Crippen LogP contribution is 2.30. The molecule has 0 N–H and O–H groups in total. The number of benzene rings is 2. The molecule has 0 aromatic heterocycles. The maximum atomic E-state index is 14.2. The number of para-hydroxylation sites is 1. The third kappa shape index (κ3) is 4.66. The number of hydrogen-bond acceptors (Lipinski definition) is 4. The summed E-state index contributed by atoms with van der Waals surface area (Å²) in [6.45, 7) is 2.55. The Balaban J connectivity index is 2.53. The summed E-state index contributed by atoms with van der Waals surface area (Å²) in [5.41, 5.74) is -0.278. The molecule has 0 spiro atoms. The van der Waals surface area contributed by atoms with E-state index in [1.54, 1.807) is 13.8 Å². The van der Waals surface area contributed by atoms with Gasteiger partial charge in [-0.1, -0.05) is 35.3 Å². The first kappa shape index (κ1) is 20.5. The topological polar surface area (TPSA) is 63.7 Å². The minimum Gasteiger partial charge on any atom is -0.462 e. The van der Waals surface area contributed by atoms with Gasteiger partial charge in [0.15, 0.2) is 0 Å². The summed E-state index contributed by atoms with van der Waals surface area (Å²) in [6, 6.07) is 8.90. The Morgan fingerprint density at radius 3 is 2.38 bits per heavy atom. The van der Waals surface area contributed by atoms with Crippen molar-refractivity contribution >= 4 is 44.9 Å². The van der Waals surface area contributed by atoms with Gasteiger partial charge in [-0.3, -0.25) is 9.10 Å². The number of rotatable bonds is 6. The van der Waals surface area contributed by atoms with Gasteiger partial charge in [-0.2, -0.15) is 0 Å². The second-order valence-electron chi connectivity index (χ2n) is 5.58. The number of carbonyl (C=O) groups excluding carboxylic acids is 1. The van der Waals surface area contributed by atoms with Crippen LogP contribution in [0.1, 0.15) is 13.8 Å². The summed E-state index contributed by atoms with van der Waals surface area (Å²) >= 11 is 11.7. The van der Waals surface area contributed by atoms with E-state index in [0.717, 1.165) is 12.1 Å². The van der Waals surface area contributed by atoms with E-state index in [1.165, 1.54) is 30.3 Å². The van der Waals surface area contributed by atoms with Crippen molar-refractivity contribution in [1.82, 2.24) is 0 Å². The molecule has 0 saturated carbocycles. The molecule has 140 valence electrons. The summed E-state index contributed by atoms with van der Waals surface area (Å²) in [6.07, 6.45) is -0.447. The number of sulfonamides is 1. The molecule has 5 nitrogen and oxygen atoms in total. The lowest BCUT2D eigenvalue weighted by molar-refractivity contribution is -0.145. The fourth-order valence-corrected chi connectivity index (χ4v) is 3.94. The Kier molecular flexibility index (Phi) is 6.49. The quantitative estimate of drug-likeness (QED) is 0.655. The Labute approximate surface area is 161 Å². The van der Waals surface area contributed by atoms with Gasteiger partial charge in [0.1, 0.15) is 12.4 Å². The van der Waals surface area contributed by atoms with E-state index in [1.807, 2.05) is 0 Å². The highest BCUT2D eigenvalue weighted by atomic mass is 35.5. The first-order valence-corrected chi connectivity index (χ1v) is 9.74. The maximum absolute atomic E-state index is 14.2. The van der Waals surface area contributed by atoms with Crippen molar-refractivity contribution in [2.75, 3.05) is 10.8 Å². The van der Waals surface area contributed by atoms with Crippen LogP contribution >= 0.6 is 23.2 Å². The average Bonchev–Trinajstić information content (AvgIpc) is 2.55. The van der Waals surface area contributed by atoms with E-state index in [9.17, 15) is 17.6 Å². The lowest BCUT2D eigenvalue weighted by Gasteiger charge is -2.24. The van der Waals surface area contributed by atoms with Crippen molar-refractivity contribution < 1.29 is 22.3 Å². The number of esters is 1. The van der Waals surface area contributed by atoms with Crippen molar-refractivity contribution in [2.24, 2.45) is 0 Å². The molecule has 0 atom stereocenters. The zero-order valence-corrected chi connectivity index (χ0v) is 16.3. The van der Waals surface area contributed by atoms with E-state index < -0.39 is 34.5 Å². The zero-order valence-electron chi connectivity index (χ0n) is 13.9. The Morgan fingerprint density at radius 1 is 1.15 bits per heavy atom. The summed E-state index contributed by atoms with van der Waals surface area (Å²) in [5.74, 6) is -1.61. The van der Waals surface area contributed by atoms with E-state index in [0.29, 0.717) is 4.31 Å². The molecule has 0 aliphatic rings. The summed E-state index contributed by atoms with van der Waals surface area (Å²) in [7, 11) is -4.30. The van der Waals surface area contributed by atoms with E-state index in [-0.39, 0.29) is 20.6 Å². The van der Waals surface area contributed by atoms with Crippen LogP contribution in [0.3, 0.4) is 0 Å². The van der Waals surface area contributed by atoms with E-state index in [2.05, 4.69) is 0 Å². The highest BCUT2D eigenvalue weighted by Gasteiger charge is 2.30. The van der Waals surface area contributed by atoms with Crippen LogP contribution in [0.15, 0.2) is 47.4 Å². The fourth-order valence-electron chi connectivity index (χ4n) is 2.14. The largest absolute Gasteiger partial charge is 0.462 e. The zero-order chi connectivity index (χ0) is 19.5. The first-order valence-electron chi connectivity index (χ1n) is 7.54. The first-order chi connectivity index (χ1) is 12.1. The van der Waals surface area contributed by atoms with Crippen LogP contribution in [-0.2, 0) is 19.6 Å². The average molecular weight is 420 g/mol. The molecule has 0 saturated heterocycles. The van der Waals surface area contributed by atoms with Crippen molar-refractivity contribution in [2.45, 2.75) is 24.8 Å². The molecule has 0 heterocycles. The van der Waals surface area contributed by atoms with Crippen LogP contribution < -0.4 is 4.31 Å². The molecule has 0 unspecified atom stereocenters. The normalized spacial score (nSPS) is 11.5. The van der Waals surface area contributed by atoms with Gasteiger partial charge in [-0.25, -0.2) is 12.8 Å². The molecular weight excluding hydrogens is 404 g/mol. The Morgan fingerprint density at radius 2 is 1.81 bits per heavy atom. The number of carbonyl (C=O) groups is 1. The molecule has 2 aromatic rings. The summed E-state index contributed by atoms with van der Waals surface area (Å²) < 4.78 is 45.9. The van der Waals surface area contributed by atoms with Crippen LogP contribution in [0.5, 0.6) is 0 Å². The predicted molar refractivity (Wildman–Crippen MR) is 98.6 cm³/mol. The smallest absolute Gasteiger partial charge is 0.327 e. The van der Waals surface area contributed by atoms with E-state index >= 15 is 0 Å². The summed E-state index contributed by atoms with van der Waals surface area (Å²) in [5, 5.41) is 0.188. The van der Waals surface area contributed by atoms with Crippen molar-refractivity contribution in [1.29, 1.82) is 0 Å². The minimum absolute atomic E-state index is 0.0194. The molecule has 2 aromatic carbocycles. The van der Waals surface area contributed by atoms with Crippen LogP contribution in [0.4, 0.5) is 10.1 Å². The van der Waals surface area contributed by atoms with Crippen molar-refractivity contribution in [3.63, 3.8) is 0 Å². The van der Waals surface area contributed by atoms with Gasteiger partial charge in [-0.05, 0) is 44.2 Å². The van der Waals surface area contributed by atoms with Crippen LogP contribution in [0, 0.1) is 5.82 Å². The molecule has 0 aliphatic heterocycles. The molecule has 0 fully saturated rings. The standard InChI is InChI=1S/C17H16Cl2FNO4S/c1-11(2)25-17(22)10-21(16-6-4-3-5-15(16)20)26(23,24)12-7-8-13(18)14(19)9-12/h3-9,11H,10H2,1-2H3. The van der Waals surface area contributed by atoms with E-state index in [4.69, 9.17) is 27.9 Å². The third-order valence-corrected chi connectivity index (χ3v) is 5.73. The lowest BCUT2D eigenvalue weighted by Crippen LogP contribution is -2.37. The number of anilines is 1.